The normalized spacial score (nSPS) is 14.0. The van der Waals surface area contributed by atoms with Gasteiger partial charge in [-0.1, -0.05) is 38.0 Å². The Balaban J connectivity index is 1.38. The number of anilines is 1. The quantitative estimate of drug-likeness (QED) is 0.226. The second kappa shape index (κ2) is 15.3. The predicted octanol–water partition coefficient (Wildman–Crippen LogP) is 3.34. The van der Waals surface area contributed by atoms with Crippen molar-refractivity contribution in [2.45, 2.75) is 65.5 Å². The van der Waals surface area contributed by atoms with Crippen LogP contribution in [-0.2, 0) is 24.0 Å². The number of carbonyl (C=O) groups is 5. The van der Waals surface area contributed by atoms with Gasteiger partial charge in [0.1, 0.15) is 17.8 Å². The van der Waals surface area contributed by atoms with E-state index in [9.17, 15) is 24.0 Å². The molecule has 0 unspecified atom stereocenters. The summed E-state index contributed by atoms with van der Waals surface area (Å²) in [6, 6.07) is 13.9. The van der Waals surface area contributed by atoms with E-state index < -0.39 is 29.8 Å². The first-order valence-corrected chi connectivity index (χ1v) is 14.2. The monoisotopic (exact) mass is 587 g/mol. The molecule has 11 heteroatoms. The molecule has 0 bridgehead atoms. The van der Waals surface area contributed by atoms with Crippen LogP contribution in [-0.4, -0.2) is 53.1 Å². The Labute approximate surface area is 251 Å². The maximum atomic E-state index is 12.9. The van der Waals surface area contributed by atoms with Gasteiger partial charge in [0, 0.05) is 18.7 Å². The third kappa shape index (κ3) is 9.53. The van der Waals surface area contributed by atoms with Gasteiger partial charge in [-0.25, -0.2) is 0 Å². The van der Waals surface area contributed by atoms with Gasteiger partial charge in [0.15, 0.2) is 5.76 Å². The van der Waals surface area contributed by atoms with Crippen molar-refractivity contribution in [3.63, 3.8) is 0 Å². The van der Waals surface area contributed by atoms with E-state index in [0.29, 0.717) is 36.3 Å². The fourth-order valence-corrected chi connectivity index (χ4v) is 4.26. The smallest absolute Gasteiger partial charge is 0.296 e. The Morgan fingerprint density at radius 2 is 1.58 bits per heavy atom. The number of amides is 5. The van der Waals surface area contributed by atoms with Gasteiger partial charge in [0.05, 0.1) is 17.7 Å². The molecule has 2 atom stereocenters. The van der Waals surface area contributed by atoms with Crippen molar-refractivity contribution < 1.29 is 28.7 Å². The number of imide groups is 1. The molecule has 0 aliphatic carbocycles. The third-order valence-electron chi connectivity index (χ3n) is 6.81. The SMILES string of the molecule is Cc1ccc(NC(=O)[C@@H](C)NC(=O)[C@H](NC(=O)CCCCCN2C(=O)C=C(Oc3ccc(C#N)cc3)C2=O)C(C)C)cc1. The van der Waals surface area contributed by atoms with Crippen LogP contribution in [0.5, 0.6) is 5.75 Å². The molecule has 5 amide bonds. The number of nitrogens with one attached hydrogen (secondary N) is 3. The first-order valence-electron chi connectivity index (χ1n) is 14.2. The molecule has 0 aromatic heterocycles. The van der Waals surface area contributed by atoms with E-state index in [0.717, 1.165) is 16.5 Å². The molecule has 0 radical (unpaired) electrons. The largest absolute Gasteiger partial charge is 0.451 e. The van der Waals surface area contributed by atoms with Crippen LogP contribution in [0.2, 0.25) is 0 Å². The molecule has 2 aromatic carbocycles. The summed E-state index contributed by atoms with van der Waals surface area (Å²) < 4.78 is 5.52. The first kappa shape index (κ1) is 32.5. The highest BCUT2D eigenvalue weighted by molar-refractivity contribution is 6.15. The van der Waals surface area contributed by atoms with Crippen molar-refractivity contribution in [1.82, 2.24) is 15.5 Å². The van der Waals surface area contributed by atoms with E-state index in [-0.39, 0.29) is 36.5 Å². The van der Waals surface area contributed by atoms with Gasteiger partial charge in [-0.15, -0.1) is 0 Å². The summed E-state index contributed by atoms with van der Waals surface area (Å²) in [6.07, 6.45) is 2.85. The van der Waals surface area contributed by atoms with Crippen LogP contribution in [0.1, 0.15) is 57.6 Å². The maximum Gasteiger partial charge on any atom is 0.296 e. The van der Waals surface area contributed by atoms with Crippen LogP contribution in [0.4, 0.5) is 5.69 Å². The van der Waals surface area contributed by atoms with Crippen LogP contribution in [0.25, 0.3) is 0 Å². The standard InChI is InChI=1S/C32H37N5O6/c1-20(2)29(31(41)34-22(4)30(40)35-24-13-9-21(3)10-14-24)36-27(38)8-6-5-7-17-37-28(39)18-26(32(37)42)43-25-15-11-23(19-33)12-16-25/h9-16,18,20,22,29H,5-8,17H2,1-4H3,(H,34,41)(H,35,40)(H,36,38)/t22-,29-/m1/s1. The van der Waals surface area contributed by atoms with Crippen LogP contribution in [0.15, 0.2) is 60.4 Å². The lowest BCUT2D eigenvalue weighted by Gasteiger charge is -2.24. The number of unbranched alkanes of at least 4 members (excludes halogenated alkanes) is 2. The second-order valence-corrected chi connectivity index (χ2v) is 10.7. The van der Waals surface area contributed by atoms with Crippen molar-refractivity contribution in [2.24, 2.45) is 5.92 Å². The van der Waals surface area contributed by atoms with Crippen LogP contribution in [0.3, 0.4) is 0 Å². The van der Waals surface area contributed by atoms with Gasteiger partial charge in [-0.05, 0) is 69.0 Å². The van der Waals surface area contributed by atoms with E-state index in [1.165, 1.54) is 0 Å². The zero-order valence-electron chi connectivity index (χ0n) is 24.8. The van der Waals surface area contributed by atoms with Crippen LogP contribution < -0.4 is 20.7 Å². The fourth-order valence-electron chi connectivity index (χ4n) is 4.26. The van der Waals surface area contributed by atoms with E-state index >= 15 is 0 Å². The molecule has 0 fully saturated rings. The summed E-state index contributed by atoms with van der Waals surface area (Å²) in [4.78, 5) is 64.0. The Morgan fingerprint density at radius 1 is 0.907 bits per heavy atom. The zero-order valence-corrected chi connectivity index (χ0v) is 24.8. The molecule has 3 N–H and O–H groups in total. The van der Waals surface area contributed by atoms with Gasteiger partial charge >= 0.3 is 0 Å². The highest BCUT2D eigenvalue weighted by Crippen LogP contribution is 2.20. The van der Waals surface area contributed by atoms with E-state index in [1.54, 1.807) is 57.2 Å². The summed E-state index contributed by atoms with van der Waals surface area (Å²) in [5.41, 5.74) is 2.13. The van der Waals surface area contributed by atoms with Gasteiger partial charge < -0.3 is 20.7 Å². The van der Waals surface area contributed by atoms with Crippen molar-refractivity contribution in [3.05, 3.63) is 71.5 Å². The average molecular weight is 588 g/mol. The Hall–Kier alpha value is -4.98. The molecular formula is C32H37N5O6. The highest BCUT2D eigenvalue weighted by atomic mass is 16.5. The molecule has 1 aliphatic heterocycles. The number of rotatable bonds is 14. The van der Waals surface area contributed by atoms with Gasteiger partial charge in [-0.3, -0.25) is 28.9 Å². The van der Waals surface area contributed by atoms with E-state index in [1.807, 2.05) is 25.1 Å². The van der Waals surface area contributed by atoms with Crippen molar-refractivity contribution in [2.75, 3.05) is 11.9 Å². The molecule has 1 aliphatic rings. The predicted molar refractivity (Wildman–Crippen MR) is 159 cm³/mol. The van der Waals surface area contributed by atoms with Crippen molar-refractivity contribution >= 4 is 35.2 Å². The molecule has 226 valence electrons. The molecule has 11 nitrogen and oxygen atoms in total. The molecular weight excluding hydrogens is 550 g/mol. The van der Waals surface area contributed by atoms with Crippen LogP contribution in [0, 0.1) is 24.2 Å². The Kier molecular flexibility index (Phi) is 11.6. The summed E-state index contributed by atoms with van der Waals surface area (Å²) in [5.74, 6) is -2.10. The lowest BCUT2D eigenvalue weighted by atomic mass is 10.0. The number of hydrogen-bond donors (Lipinski definition) is 3. The lowest BCUT2D eigenvalue weighted by Crippen LogP contribution is -2.53. The fraction of sp³-hybridized carbons (Fsp3) is 0.375. The number of ether oxygens (including phenoxy) is 1. The van der Waals surface area contributed by atoms with Gasteiger partial charge in [-0.2, -0.15) is 5.26 Å². The van der Waals surface area contributed by atoms with Crippen molar-refractivity contribution in [1.29, 1.82) is 5.26 Å². The molecule has 43 heavy (non-hydrogen) atoms. The average Bonchev–Trinajstić information content (AvgIpc) is 3.24. The molecule has 0 saturated heterocycles. The second-order valence-electron chi connectivity index (χ2n) is 10.7. The number of nitriles is 1. The molecule has 0 spiro atoms. The summed E-state index contributed by atoms with van der Waals surface area (Å²) >= 11 is 0. The summed E-state index contributed by atoms with van der Waals surface area (Å²) in [6.45, 7) is 7.31. The molecule has 2 aromatic rings. The third-order valence-corrected chi connectivity index (χ3v) is 6.81. The number of nitrogens with zero attached hydrogens (tertiary/aromatic N) is 2. The number of carbonyl (C=O) groups excluding carboxylic acids is 5. The van der Waals surface area contributed by atoms with Crippen LogP contribution >= 0.6 is 0 Å². The minimum atomic E-state index is -0.817. The number of aryl methyl sites for hydroxylation is 1. The van der Waals surface area contributed by atoms with Gasteiger partial charge in [0.25, 0.3) is 11.8 Å². The summed E-state index contributed by atoms with van der Waals surface area (Å²) in [5, 5.41) is 17.1. The number of benzene rings is 2. The Bertz CT molecular complexity index is 1410. The lowest BCUT2D eigenvalue weighted by molar-refractivity contribution is -0.138. The summed E-state index contributed by atoms with van der Waals surface area (Å²) in [7, 11) is 0. The molecule has 3 rings (SSSR count). The Morgan fingerprint density at radius 3 is 2.21 bits per heavy atom. The highest BCUT2D eigenvalue weighted by Gasteiger charge is 2.32. The number of hydrogen-bond acceptors (Lipinski definition) is 7. The van der Waals surface area contributed by atoms with Gasteiger partial charge in [0.2, 0.25) is 17.7 Å². The zero-order chi connectivity index (χ0) is 31.5. The van der Waals surface area contributed by atoms with E-state index in [4.69, 9.17) is 10.00 Å². The first-order chi connectivity index (χ1) is 20.5. The van der Waals surface area contributed by atoms with Crippen molar-refractivity contribution in [3.8, 4) is 11.8 Å². The maximum absolute atomic E-state index is 12.9. The topological polar surface area (TPSA) is 158 Å². The van der Waals surface area contributed by atoms with E-state index in [2.05, 4.69) is 16.0 Å². The minimum absolute atomic E-state index is 0.0889. The minimum Gasteiger partial charge on any atom is -0.451 e. The molecule has 1 heterocycles. The molecule has 0 saturated carbocycles.